The van der Waals surface area contributed by atoms with Crippen molar-refractivity contribution < 1.29 is 19.0 Å². The number of nitrogens with zero attached hydrogens (tertiary/aromatic N) is 4. The van der Waals surface area contributed by atoms with Crippen LogP contribution in [-0.4, -0.2) is 40.1 Å². The summed E-state index contributed by atoms with van der Waals surface area (Å²) >= 11 is 1.26. The Hall–Kier alpha value is -3.63. The van der Waals surface area contributed by atoms with Crippen molar-refractivity contribution in [2.24, 2.45) is 0 Å². The third-order valence-electron chi connectivity index (χ3n) is 4.62. The van der Waals surface area contributed by atoms with Gasteiger partial charge in [0, 0.05) is 25.7 Å². The highest BCUT2D eigenvalue weighted by molar-refractivity contribution is 7.20. The van der Waals surface area contributed by atoms with Crippen LogP contribution in [0.1, 0.15) is 26.6 Å². The highest BCUT2D eigenvalue weighted by atomic mass is 32.1. The first kappa shape index (κ1) is 21.6. The molecule has 4 aromatic rings. The number of hydrogen-bond acceptors (Lipinski definition) is 9. The van der Waals surface area contributed by atoms with Crippen molar-refractivity contribution in [3.05, 3.63) is 64.7 Å². The summed E-state index contributed by atoms with van der Waals surface area (Å²) in [7, 11) is 3.11. The van der Waals surface area contributed by atoms with Crippen LogP contribution in [0.5, 0.6) is 11.6 Å². The number of hydrogen-bond donors (Lipinski definition) is 1. The molecule has 32 heavy (non-hydrogen) atoms. The summed E-state index contributed by atoms with van der Waals surface area (Å²) in [6.45, 7) is 2.42. The molecule has 1 amide bonds. The highest BCUT2D eigenvalue weighted by Gasteiger charge is 2.22. The predicted molar refractivity (Wildman–Crippen MR) is 120 cm³/mol. The van der Waals surface area contributed by atoms with E-state index in [0.717, 1.165) is 11.1 Å². The lowest BCUT2D eigenvalue weighted by Crippen LogP contribution is -2.13. The molecule has 1 N–H and O–H groups in total. The Morgan fingerprint density at radius 3 is 2.66 bits per heavy atom. The Bertz CT molecular complexity index is 1250. The van der Waals surface area contributed by atoms with Gasteiger partial charge in [-0.25, -0.2) is 9.97 Å². The van der Waals surface area contributed by atoms with Gasteiger partial charge in [0.1, 0.15) is 18.0 Å². The molecule has 0 atom stereocenters. The van der Waals surface area contributed by atoms with Crippen LogP contribution in [0.3, 0.4) is 0 Å². The quantitative estimate of drug-likeness (QED) is 0.431. The first-order chi connectivity index (χ1) is 15.6. The molecule has 0 radical (unpaired) electrons. The number of carbonyl (C=O) groups excluding carboxylic acids is 1. The van der Waals surface area contributed by atoms with E-state index in [4.69, 9.17) is 14.2 Å². The van der Waals surface area contributed by atoms with E-state index in [9.17, 15) is 4.79 Å². The number of aryl methyl sites for hydroxylation is 1. The second-order valence-electron chi connectivity index (χ2n) is 6.77. The maximum Gasteiger partial charge on any atom is 0.267 e. The molecule has 0 saturated heterocycles. The normalized spacial score (nSPS) is 10.8. The van der Waals surface area contributed by atoms with Crippen molar-refractivity contribution in [3.8, 4) is 11.6 Å². The topological polar surface area (TPSA) is 108 Å². The van der Waals surface area contributed by atoms with Crippen molar-refractivity contribution in [2.45, 2.75) is 20.1 Å². The summed E-state index contributed by atoms with van der Waals surface area (Å²) in [5, 5.41) is 3.56. The fourth-order valence-electron chi connectivity index (χ4n) is 3.11. The van der Waals surface area contributed by atoms with E-state index in [1.807, 2.05) is 19.1 Å². The van der Waals surface area contributed by atoms with Gasteiger partial charge < -0.3 is 19.5 Å². The molecule has 164 valence electrons. The maximum atomic E-state index is 13.1. The van der Waals surface area contributed by atoms with Gasteiger partial charge in [0.2, 0.25) is 5.88 Å². The summed E-state index contributed by atoms with van der Waals surface area (Å²) < 4.78 is 16.4. The molecule has 0 aromatic carbocycles. The minimum atomic E-state index is -0.312. The van der Waals surface area contributed by atoms with Crippen molar-refractivity contribution in [1.82, 2.24) is 19.9 Å². The lowest BCUT2D eigenvalue weighted by Gasteiger charge is -2.11. The van der Waals surface area contributed by atoms with Gasteiger partial charge in [-0.1, -0.05) is 0 Å². The standard InChI is InChI=1S/C22H21N5O4S/c1-13-17-21(30-3)25-16(12-29-2)26-22(17)32-18(13)20(28)27-19-15(5-4-8-24-19)31-11-14-6-9-23-10-7-14/h4-10H,11-12H2,1-3H3,(H,24,27,28). The molecule has 0 aliphatic rings. The Balaban J connectivity index is 1.60. The molecule has 10 heteroatoms. The molecule has 0 unspecified atom stereocenters. The number of anilines is 1. The Morgan fingerprint density at radius 1 is 1.09 bits per heavy atom. The van der Waals surface area contributed by atoms with Gasteiger partial charge in [-0.2, -0.15) is 4.98 Å². The number of rotatable bonds is 8. The number of nitrogens with one attached hydrogen (secondary N) is 1. The van der Waals surface area contributed by atoms with Gasteiger partial charge >= 0.3 is 0 Å². The molecule has 4 rings (SSSR count). The number of pyridine rings is 2. The highest BCUT2D eigenvalue weighted by Crippen LogP contribution is 2.35. The van der Waals surface area contributed by atoms with Crippen LogP contribution in [0.25, 0.3) is 10.2 Å². The van der Waals surface area contributed by atoms with Gasteiger partial charge in [0.15, 0.2) is 17.4 Å². The largest absolute Gasteiger partial charge is 0.485 e. The summed E-state index contributed by atoms with van der Waals surface area (Å²) in [5.41, 5.74) is 1.69. The molecule has 0 fully saturated rings. The maximum absolute atomic E-state index is 13.1. The second kappa shape index (κ2) is 9.67. The lowest BCUT2D eigenvalue weighted by molar-refractivity contribution is 0.102. The first-order valence-electron chi connectivity index (χ1n) is 9.71. The summed E-state index contributed by atoms with van der Waals surface area (Å²) in [5.74, 6) is 1.39. The lowest BCUT2D eigenvalue weighted by atomic mass is 10.2. The average molecular weight is 452 g/mol. The summed E-state index contributed by atoms with van der Waals surface area (Å²) in [6, 6.07) is 7.23. The first-order valence-corrected chi connectivity index (χ1v) is 10.5. The van der Waals surface area contributed by atoms with E-state index in [1.54, 1.807) is 37.8 Å². The molecule has 0 spiro atoms. The predicted octanol–water partition coefficient (Wildman–Crippen LogP) is 3.78. The molecule has 4 heterocycles. The number of amides is 1. The number of thiophene rings is 1. The van der Waals surface area contributed by atoms with Crippen LogP contribution in [0, 0.1) is 6.92 Å². The Labute approximate surface area is 188 Å². The van der Waals surface area contributed by atoms with Gasteiger partial charge in [0.25, 0.3) is 5.91 Å². The molecule has 4 aromatic heterocycles. The SMILES string of the molecule is COCc1nc(OC)c2c(C)c(C(=O)Nc3ncccc3OCc3ccncc3)sc2n1. The van der Waals surface area contributed by atoms with E-state index in [1.165, 1.54) is 18.4 Å². The summed E-state index contributed by atoms with van der Waals surface area (Å²) in [6.07, 6.45) is 4.99. The molecule has 0 aliphatic carbocycles. The van der Waals surface area contributed by atoms with E-state index >= 15 is 0 Å². The molecule has 9 nitrogen and oxygen atoms in total. The van der Waals surface area contributed by atoms with Crippen LogP contribution in [0.2, 0.25) is 0 Å². The zero-order chi connectivity index (χ0) is 22.5. The van der Waals surface area contributed by atoms with Gasteiger partial charge in [0.05, 0.1) is 17.4 Å². The summed E-state index contributed by atoms with van der Waals surface area (Å²) in [4.78, 5) is 31.4. The monoisotopic (exact) mass is 451 g/mol. The molecule has 0 bridgehead atoms. The second-order valence-corrected chi connectivity index (χ2v) is 7.77. The average Bonchev–Trinajstić information content (AvgIpc) is 3.15. The van der Waals surface area contributed by atoms with Crippen molar-refractivity contribution in [3.63, 3.8) is 0 Å². The van der Waals surface area contributed by atoms with Gasteiger partial charge in [-0.3, -0.25) is 9.78 Å². The number of aromatic nitrogens is 4. The molecular weight excluding hydrogens is 430 g/mol. The van der Waals surface area contributed by atoms with E-state index in [2.05, 4.69) is 25.3 Å². The van der Waals surface area contributed by atoms with Crippen molar-refractivity contribution in [2.75, 3.05) is 19.5 Å². The zero-order valence-electron chi connectivity index (χ0n) is 17.8. The number of fused-ring (bicyclic) bond motifs is 1. The van der Waals surface area contributed by atoms with Crippen LogP contribution in [-0.2, 0) is 18.0 Å². The van der Waals surface area contributed by atoms with Crippen LogP contribution in [0.15, 0.2) is 42.9 Å². The van der Waals surface area contributed by atoms with Crippen molar-refractivity contribution in [1.29, 1.82) is 0 Å². The molecule has 0 aliphatic heterocycles. The minimum absolute atomic E-state index is 0.247. The van der Waals surface area contributed by atoms with Crippen LogP contribution in [0.4, 0.5) is 5.82 Å². The smallest absolute Gasteiger partial charge is 0.267 e. The zero-order valence-corrected chi connectivity index (χ0v) is 18.6. The minimum Gasteiger partial charge on any atom is -0.485 e. The third-order valence-corrected chi connectivity index (χ3v) is 5.81. The van der Waals surface area contributed by atoms with Crippen LogP contribution >= 0.6 is 11.3 Å². The van der Waals surface area contributed by atoms with Crippen molar-refractivity contribution >= 4 is 33.3 Å². The van der Waals surface area contributed by atoms with E-state index in [0.29, 0.717) is 45.0 Å². The fraction of sp³-hybridized carbons (Fsp3) is 0.227. The van der Waals surface area contributed by atoms with E-state index < -0.39 is 0 Å². The number of carbonyl (C=O) groups is 1. The Morgan fingerprint density at radius 2 is 1.91 bits per heavy atom. The number of methoxy groups -OCH3 is 2. The Kier molecular flexibility index (Phi) is 6.52. The number of ether oxygens (including phenoxy) is 3. The van der Waals surface area contributed by atoms with Gasteiger partial charge in [-0.05, 0) is 42.3 Å². The molecular formula is C22H21N5O4S. The fourth-order valence-corrected chi connectivity index (χ4v) is 4.19. The van der Waals surface area contributed by atoms with Gasteiger partial charge in [-0.15, -0.1) is 11.3 Å². The van der Waals surface area contributed by atoms with E-state index in [-0.39, 0.29) is 12.5 Å². The third kappa shape index (κ3) is 4.51. The van der Waals surface area contributed by atoms with Crippen LogP contribution < -0.4 is 14.8 Å². The molecule has 0 saturated carbocycles.